The molecule has 1 amide bonds. The Balaban J connectivity index is 1.62. The number of benzene rings is 2. The average molecular weight is 341 g/mol. The molecule has 1 saturated heterocycles. The summed E-state index contributed by atoms with van der Waals surface area (Å²) < 4.78 is 11.2. The highest BCUT2D eigenvalue weighted by Crippen LogP contribution is 2.17. The van der Waals surface area contributed by atoms with Gasteiger partial charge < -0.3 is 19.5 Å². The fraction of sp³-hybridized carbons (Fsp3) is 0.350. The minimum absolute atomic E-state index is 0.0187. The summed E-state index contributed by atoms with van der Waals surface area (Å²) in [4.78, 5) is 14.3. The molecular formula is C20H23NO4. The summed E-state index contributed by atoms with van der Waals surface area (Å²) in [6.45, 7) is 1.31. The molecule has 0 saturated carbocycles. The van der Waals surface area contributed by atoms with Gasteiger partial charge in [0.25, 0.3) is 0 Å². The molecule has 2 aromatic carbocycles. The van der Waals surface area contributed by atoms with Crippen LogP contribution in [0.2, 0.25) is 0 Å². The van der Waals surface area contributed by atoms with Gasteiger partial charge in [0, 0.05) is 6.54 Å². The van der Waals surface area contributed by atoms with Crippen molar-refractivity contribution < 1.29 is 19.4 Å². The predicted octanol–water partition coefficient (Wildman–Crippen LogP) is 1.90. The fourth-order valence-electron chi connectivity index (χ4n) is 2.83. The Bertz CT molecular complexity index is 677. The van der Waals surface area contributed by atoms with Crippen LogP contribution in [0.15, 0.2) is 60.7 Å². The minimum Gasteiger partial charge on any atom is -0.490 e. The quantitative estimate of drug-likeness (QED) is 0.902. The summed E-state index contributed by atoms with van der Waals surface area (Å²) in [6, 6.07) is 18.9. The Morgan fingerprint density at radius 3 is 2.52 bits per heavy atom. The van der Waals surface area contributed by atoms with E-state index in [2.05, 4.69) is 0 Å². The van der Waals surface area contributed by atoms with E-state index in [0.717, 1.165) is 5.56 Å². The lowest BCUT2D eigenvalue weighted by atomic mass is 10.1. The van der Waals surface area contributed by atoms with Crippen LogP contribution in [0.3, 0.4) is 0 Å². The van der Waals surface area contributed by atoms with Gasteiger partial charge in [0.1, 0.15) is 18.0 Å². The molecule has 1 N–H and O–H groups in total. The SMILES string of the molecule is O=C(Cc1ccccc1)N1CCOC[C@@](O)(COc2ccccc2)C1. The van der Waals surface area contributed by atoms with Gasteiger partial charge in [-0.15, -0.1) is 0 Å². The molecule has 5 heteroatoms. The number of β-amino-alcohol motifs (C(OH)–C–C–N with tert-alkyl or cyclic N) is 1. The summed E-state index contributed by atoms with van der Waals surface area (Å²) in [5, 5.41) is 10.9. The van der Waals surface area contributed by atoms with Crippen molar-refractivity contribution >= 4 is 5.91 Å². The van der Waals surface area contributed by atoms with Crippen LogP contribution in [-0.4, -0.2) is 54.4 Å². The molecule has 0 bridgehead atoms. The normalized spacial score (nSPS) is 20.8. The molecular weight excluding hydrogens is 318 g/mol. The number of ether oxygens (including phenoxy) is 2. The van der Waals surface area contributed by atoms with E-state index >= 15 is 0 Å². The molecule has 1 atom stereocenters. The summed E-state index contributed by atoms with van der Waals surface area (Å²) in [5.41, 5.74) is -0.264. The molecule has 2 aromatic rings. The van der Waals surface area contributed by atoms with Crippen molar-refractivity contribution in [3.05, 3.63) is 66.2 Å². The van der Waals surface area contributed by atoms with Crippen LogP contribution in [0.1, 0.15) is 5.56 Å². The highest BCUT2D eigenvalue weighted by atomic mass is 16.5. The van der Waals surface area contributed by atoms with Gasteiger partial charge >= 0.3 is 0 Å². The highest BCUT2D eigenvalue weighted by Gasteiger charge is 2.35. The van der Waals surface area contributed by atoms with Crippen LogP contribution in [0, 0.1) is 0 Å². The highest BCUT2D eigenvalue weighted by molar-refractivity contribution is 5.78. The second kappa shape index (κ2) is 8.14. The van der Waals surface area contributed by atoms with Crippen LogP contribution in [-0.2, 0) is 16.0 Å². The number of aliphatic hydroxyl groups is 1. The Labute approximate surface area is 147 Å². The monoisotopic (exact) mass is 341 g/mol. The van der Waals surface area contributed by atoms with E-state index in [0.29, 0.717) is 25.3 Å². The van der Waals surface area contributed by atoms with Crippen molar-refractivity contribution in [1.29, 1.82) is 0 Å². The van der Waals surface area contributed by atoms with Gasteiger partial charge in [0.15, 0.2) is 0 Å². The third kappa shape index (κ3) is 5.05. The number of carbonyl (C=O) groups excluding carboxylic acids is 1. The first-order valence-corrected chi connectivity index (χ1v) is 8.44. The first-order valence-electron chi connectivity index (χ1n) is 8.44. The number of amides is 1. The van der Waals surface area contributed by atoms with Crippen molar-refractivity contribution in [2.45, 2.75) is 12.0 Å². The maximum absolute atomic E-state index is 12.6. The number of para-hydroxylation sites is 1. The maximum Gasteiger partial charge on any atom is 0.227 e. The molecule has 0 aliphatic carbocycles. The first kappa shape index (κ1) is 17.5. The van der Waals surface area contributed by atoms with E-state index in [-0.39, 0.29) is 25.7 Å². The van der Waals surface area contributed by atoms with Crippen LogP contribution < -0.4 is 4.74 Å². The van der Waals surface area contributed by atoms with Gasteiger partial charge in [0.05, 0.1) is 26.2 Å². The molecule has 0 spiro atoms. The van der Waals surface area contributed by atoms with Crippen LogP contribution in [0.4, 0.5) is 0 Å². The van der Waals surface area contributed by atoms with E-state index in [1.165, 1.54) is 0 Å². The van der Waals surface area contributed by atoms with Crippen molar-refractivity contribution in [3.63, 3.8) is 0 Å². The minimum atomic E-state index is -1.22. The van der Waals surface area contributed by atoms with Gasteiger partial charge in [-0.25, -0.2) is 0 Å². The molecule has 0 aromatic heterocycles. The number of hydrogen-bond donors (Lipinski definition) is 1. The molecule has 0 unspecified atom stereocenters. The lowest BCUT2D eigenvalue weighted by Gasteiger charge is -2.30. The van der Waals surface area contributed by atoms with Crippen LogP contribution in [0.25, 0.3) is 0 Å². The van der Waals surface area contributed by atoms with E-state index in [9.17, 15) is 9.90 Å². The van der Waals surface area contributed by atoms with E-state index in [1.54, 1.807) is 4.90 Å². The Hall–Kier alpha value is -2.37. The zero-order valence-electron chi connectivity index (χ0n) is 14.1. The molecule has 5 nitrogen and oxygen atoms in total. The standard InChI is InChI=1S/C20H23NO4/c22-19(13-17-7-3-1-4-8-17)21-11-12-24-15-20(23,14-21)16-25-18-9-5-2-6-10-18/h1-10,23H,11-16H2/t20-/m1/s1. The van der Waals surface area contributed by atoms with Gasteiger partial charge in [-0.05, 0) is 17.7 Å². The Morgan fingerprint density at radius 2 is 1.80 bits per heavy atom. The number of nitrogens with zero attached hydrogens (tertiary/aromatic N) is 1. The van der Waals surface area contributed by atoms with E-state index in [4.69, 9.17) is 9.47 Å². The van der Waals surface area contributed by atoms with Gasteiger partial charge in [0.2, 0.25) is 5.91 Å². The number of carbonyl (C=O) groups is 1. The van der Waals surface area contributed by atoms with Crippen molar-refractivity contribution in [2.75, 3.05) is 32.9 Å². The van der Waals surface area contributed by atoms with E-state index < -0.39 is 5.60 Å². The van der Waals surface area contributed by atoms with Gasteiger partial charge in [-0.2, -0.15) is 0 Å². The molecule has 1 aliphatic heterocycles. The zero-order chi connectivity index (χ0) is 17.5. The summed E-state index contributed by atoms with van der Waals surface area (Å²) in [6.07, 6.45) is 0.316. The number of hydrogen-bond acceptors (Lipinski definition) is 4. The molecule has 132 valence electrons. The smallest absolute Gasteiger partial charge is 0.227 e. The second-order valence-electron chi connectivity index (χ2n) is 6.36. The summed E-state index contributed by atoms with van der Waals surface area (Å²) in [7, 11) is 0. The van der Waals surface area contributed by atoms with Crippen molar-refractivity contribution in [2.24, 2.45) is 0 Å². The molecule has 1 fully saturated rings. The molecule has 25 heavy (non-hydrogen) atoms. The van der Waals surface area contributed by atoms with Gasteiger partial charge in [-0.3, -0.25) is 4.79 Å². The number of rotatable bonds is 5. The zero-order valence-corrected chi connectivity index (χ0v) is 14.1. The lowest BCUT2D eigenvalue weighted by molar-refractivity contribution is -0.134. The summed E-state index contributed by atoms with van der Waals surface area (Å²) >= 11 is 0. The lowest BCUT2D eigenvalue weighted by Crippen LogP contribution is -2.50. The second-order valence-corrected chi connectivity index (χ2v) is 6.36. The average Bonchev–Trinajstić information content (AvgIpc) is 2.84. The third-order valence-electron chi connectivity index (χ3n) is 4.16. The van der Waals surface area contributed by atoms with Crippen molar-refractivity contribution in [3.8, 4) is 5.75 Å². The summed E-state index contributed by atoms with van der Waals surface area (Å²) in [5.74, 6) is 0.664. The maximum atomic E-state index is 12.6. The molecule has 1 heterocycles. The topological polar surface area (TPSA) is 59.0 Å². The fourth-order valence-corrected chi connectivity index (χ4v) is 2.83. The third-order valence-corrected chi connectivity index (χ3v) is 4.16. The van der Waals surface area contributed by atoms with Crippen molar-refractivity contribution in [1.82, 2.24) is 4.90 Å². The van der Waals surface area contributed by atoms with Crippen LogP contribution >= 0.6 is 0 Å². The predicted molar refractivity (Wildman–Crippen MR) is 94.4 cm³/mol. The molecule has 0 radical (unpaired) electrons. The first-order chi connectivity index (χ1) is 12.1. The molecule has 3 rings (SSSR count). The molecule has 1 aliphatic rings. The Kier molecular flexibility index (Phi) is 5.68. The van der Waals surface area contributed by atoms with Crippen LogP contribution in [0.5, 0.6) is 5.75 Å². The van der Waals surface area contributed by atoms with E-state index in [1.807, 2.05) is 60.7 Å². The van der Waals surface area contributed by atoms with Gasteiger partial charge in [-0.1, -0.05) is 48.5 Å². The largest absolute Gasteiger partial charge is 0.490 e. The Morgan fingerprint density at radius 1 is 1.12 bits per heavy atom.